The molecule has 33 heavy (non-hydrogen) atoms. The van der Waals surface area contributed by atoms with Gasteiger partial charge in [-0.05, 0) is 60.0 Å². The van der Waals surface area contributed by atoms with E-state index >= 15 is 0 Å². The first-order valence-electron chi connectivity index (χ1n) is 10.8. The topological polar surface area (TPSA) is 46.5 Å². The molecule has 1 aliphatic rings. The second kappa shape index (κ2) is 8.68. The first-order valence-corrected chi connectivity index (χ1v) is 11.2. The Kier molecular flexibility index (Phi) is 5.56. The summed E-state index contributed by atoms with van der Waals surface area (Å²) < 4.78 is 7.63. The van der Waals surface area contributed by atoms with Crippen molar-refractivity contribution in [3.63, 3.8) is 0 Å². The maximum Gasteiger partial charge on any atom is 0.323 e. The Morgan fingerprint density at radius 2 is 1.82 bits per heavy atom. The van der Waals surface area contributed by atoms with Crippen molar-refractivity contribution in [2.24, 2.45) is 0 Å². The van der Waals surface area contributed by atoms with E-state index in [2.05, 4.69) is 22.0 Å². The van der Waals surface area contributed by atoms with Crippen LogP contribution in [0.15, 0.2) is 85.1 Å². The number of halogens is 1. The van der Waals surface area contributed by atoms with Crippen LogP contribution in [0.4, 0.5) is 10.5 Å². The molecule has 4 aromatic rings. The molecule has 5 rings (SSSR count). The second-order valence-electron chi connectivity index (χ2n) is 8.12. The number of para-hydroxylation sites is 1. The number of aromatic nitrogens is 1. The molecule has 1 N–H and O–H groups in total. The lowest BCUT2D eigenvalue weighted by Crippen LogP contribution is -2.38. The van der Waals surface area contributed by atoms with Crippen molar-refractivity contribution in [1.29, 1.82) is 0 Å². The lowest BCUT2D eigenvalue weighted by atomic mass is 10.0. The molecule has 0 saturated heterocycles. The number of hydrogen-bond donors (Lipinski definition) is 1. The molecular weight excluding hydrogens is 434 g/mol. The summed E-state index contributed by atoms with van der Waals surface area (Å²) in [5, 5.41) is 3.70. The molecular formula is C27H24ClN3O2. The van der Waals surface area contributed by atoms with Crippen molar-refractivity contribution >= 4 is 23.3 Å². The quantitative estimate of drug-likeness (QED) is 0.377. The van der Waals surface area contributed by atoms with Crippen LogP contribution in [0.3, 0.4) is 0 Å². The van der Waals surface area contributed by atoms with Crippen LogP contribution in [0.25, 0.3) is 5.69 Å². The number of benzene rings is 3. The fourth-order valence-corrected chi connectivity index (χ4v) is 4.71. The summed E-state index contributed by atoms with van der Waals surface area (Å²) in [6, 6.07) is 25.0. The number of aryl methyl sites for hydroxylation is 1. The van der Waals surface area contributed by atoms with E-state index in [9.17, 15) is 4.79 Å². The number of hydrogen-bond acceptors (Lipinski definition) is 2. The van der Waals surface area contributed by atoms with Gasteiger partial charge in [0, 0.05) is 11.2 Å². The molecule has 5 nitrogen and oxygen atoms in total. The van der Waals surface area contributed by atoms with E-state index < -0.39 is 0 Å². The zero-order valence-electron chi connectivity index (χ0n) is 18.5. The standard InChI is InChI=1S/C27H24ClN3O2/c1-18-13-14-25(33-2)22(16-18)29-27(32)31-17-19-8-3-6-11-23(19)30-15-7-12-24(30)26(31)20-9-4-5-10-21(20)28/h3-16,26H,17H2,1-2H3,(H,29,32)/t26-/m1/s1. The molecule has 3 aromatic carbocycles. The third-order valence-corrected chi connectivity index (χ3v) is 6.37. The fourth-order valence-electron chi connectivity index (χ4n) is 4.47. The summed E-state index contributed by atoms with van der Waals surface area (Å²) >= 11 is 6.67. The second-order valence-corrected chi connectivity index (χ2v) is 8.52. The van der Waals surface area contributed by atoms with Crippen LogP contribution in [0, 0.1) is 6.92 Å². The van der Waals surface area contributed by atoms with E-state index in [1.165, 1.54) is 0 Å². The Bertz CT molecular complexity index is 1330. The van der Waals surface area contributed by atoms with Crippen LogP contribution in [0.1, 0.15) is 28.4 Å². The molecule has 1 aliphatic heterocycles. The smallest absolute Gasteiger partial charge is 0.323 e. The third-order valence-electron chi connectivity index (χ3n) is 6.02. The SMILES string of the molecule is COc1ccc(C)cc1NC(=O)N1Cc2ccccc2-n2cccc2[C@H]1c1ccccc1Cl. The molecule has 6 heteroatoms. The Morgan fingerprint density at radius 3 is 2.64 bits per heavy atom. The van der Waals surface area contributed by atoms with Crippen molar-refractivity contribution in [2.45, 2.75) is 19.5 Å². The van der Waals surface area contributed by atoms with Gasteiger partial charge < -0.3 is 19.5 Å². The molecule has 0 unspecified atom stereocenters. The van der Waals surface area contributed by atoms with Crippen LogP contribution in [-0.4, -0.2) is 22.6 Å². The summed E-state index contributed by atoms with van der Waals surface area (Å²) in [4.78, 5) is 15.7. The van der Waals surface area contributed by atoms with Gasteiger partial charge in [-0.15, -0.1) is 0 Å². The summed E-state index contributed by atoms with van der Waals surface area (Å²) in [6.07, 6.45) is 2.03. The van der Waals surface area contributed by atoms with Crippen LogP contribution in [0.5, 0.6) is 5.75 Å². The van der Waals surface area contributed by atoms with Crippen molar-refractivity contribution in [3.05, 3.63) is 112 Å². The summed E-state index contributed by atoms with van der Waals surface area (Å²) in [5.74, 6) is 0.613. The molecule has 0 bridgehead atoms. The number of carbonyl (C=O) groups is 1. The number of ether oxygens (including phenoxy) is 1. The molecule has 0 fully saturated rings. The summed E-state index contributed by atoms with van der Waals surface area (Å²) in [6.45, 7) is 2.41. The van der Waals surface area contributed by atoms with Gasteiger partial charge >= 0.3 is 6.03 Å². The van der Waals surface area contributed by atoms with Gasteiger partial charge in [0.15, 0.2) is 0 Å². The first-order chi connectivity index (χ1) is 16.1. The highest BCUT2D eigenvalue weighted by atomic mass is 35.5. The van der Waals surface area contributed by atoms with Gasteiger partial charge in [-0.3, -0.25) is 0 Å². The minimum Gasteiger partial charge on any atom is -0.495 e. The Labute approximate surface area is 198 Å². The largest absolute Gasteiger partial charge is 0.495 e. The predicted molar refractivity (Wildman–Crippen MR) is 131 cm³/mol. The number of amides is 2. The van der Waals surface area contributed by atoms with Crippen molar-refractivity contribution in [3.8, 4) is 11.4 Å². The Hall–Kier alpha value is -3.70. The van der Waals surface area contributed by atoms with Crippen molar-refractivity contribution < 1.29 is 9.53 Å². The van der Waals surface area contributed by atoms with Gasteiger partial charge in [-0.1, -0.05) is 54.1 Å². The van der Waals surface area contributed by atoms with E-state index in [4.69, 9.17) is 16.3 Å². The maximum absolute atomic E-state index is 13.8. The highest BCUT2D eigenvalue weighted by Gasteiger charge is 2.34. The van der Waals surface area contributed by atoms with Gasteiger partial charge in [0.25, 0.3) is 0 Å². The number of carbonyl (C=O) groups excluding carboxylic acids is 1. The van der Waals surface area contributed by atoms with E-state index in [-0.39, 0.29) is 12.1 Å². The molecule has 1 aromatic heterocycles. The van der Waals surface area contributed by atoms with Gasteiger partial charge in [0.05, 0.1) is 30.7 Å². The van der Waals surface area contributed by atoms with E-state index in [0.717, 1.165) is 28.1 Å². The molecule has 0 spiro atoms. The minimum atomic E-state index is -0.378. The predicted octanol–water partition coefficient (Wildman–Crippen LogP) is 6.58. The van der Waals surface area contributed by atoms with Crippen molar-refractivity contribution in [1.82, 2.24) is 9.47 Å². The van der Waals surface area contributed by atoms with Crippen LogP contribution in [-0.2, 0) is 6.54 Å². The highest BCUT2D eigenvalue weighted by molar-refractivity contribution is 6.31. The lowest BCUT2D eigenvalue weighted by Gasteiger charge is -2.31. The highest BCUT2D eigenvalue weighted by Crippen LogP contribution is 2.39. The van der Waals surface area contributed by atoms with Crippen LogP contribution in [0.2, 0.25) is 5.02 Å². The monoisotopic (exact) mass is 457 g/mol. The average Bonchev–Trinajstić information content (AvgIpc) is 3.24. The van der Waals surface area contributed by atoms with Gasteiger partial charge in [0.1, 0.15) is 11.8 Å². The number of nitrogens with zero attached hydrogens (tertiary/aromatic N) is 2. The first kappa shape index (κ1) is 21.2. The zero-order chi connectivity index (χ0) is 22.9. The molecule has 0 aliphatic carbocycles. The Morgan fingerprint density at radius 1 is 1.03 bits per heavy atom. The van der Waals surface area contributed by atoms with Gasteiger partial charge in [-0.2, -0.15) is 0 Å². The average molecular weight is 458 g/mol. The molecule has 2 heterocycles. The number of anilines is 1. The number of fused-ring (bicyclic) bond motifs is 3. The maximum atomic E-state index is 13.8. The summed E-state index contributed by atoms with van der Waals surface area (Å²) in [5.41, 5.74) is 5.61. The third kappa shape index (κ3) is 3.85. The normalized spacial score (nSPS) is 14.8. The number of methoxy groups -OCH3 is 1. The van der Waals surface area contributed by atoms with Crippen LogP contribution < -0.4 is 10.1 Å². The number of urea groups is 1. The minimum absolute atomic E-state index is 0.228. The molecule has 2 amide bonds. The van der Waals surface area contributed by atoms with Gasteiger partial charge in [0.2, 0.25) is 0 Å². The number of nitrogens with one attached hydrogen (secondary N) is 1. The van der Waals surface area contributed by atoms with Gasteiger partial charge in [-0.25, -0.2) is 4.79 Å². The Balaban J connectivity index is 1.65. The molecule has 0 radical (unpaired) electrons. The van der Waals surface area contributed by atoms with E-state index in [1.807, 2.05) is 84.8 Å². The molecule has 166 valence electrons. The summed E-state index contributed by atoms with van der Waals surface area (Å²) in [7, 11) is 1.60. The lowest BCUT2D eigenvalue weighted by molar-refractivity contribution is 0.194. The molecule has 0 saturated carbocycles. The van der Waals surface area contributed by atoms with Crippen molar-refractivity contribution in [2.75, 3.05) is 12.4 Å². The van der Waals surface area contributed by atoms with E-state index in [1.54, 1.807) is 7.11 Å². The number of rotatable bonds is 3. The molecule has 1 atom stereocenters. The van der Waals surface area contributed by atoms with E-state index in [0.29, 0.717) is 23.0 Å². The van der Waals surface area contributed by atoms with Crippen LogP contribution >= 0.6 is 11.6 Å². The fraction of sp³-hybridized carbons (Fsp3) is 0.148. The zero-order valence-corrected chi connectivity index (χ0v) is 19.2.